The van der Waals surface area contributed by atoms with Crippen LogP contribution in [0.4, 0.5) is 0 Å². The lowest BCUT2D eigenvalue weighted by atomic mass is 9.97. The molecule has 0 saturated heterocycles. The van der Waals surface area contributed by atoms with Crippen LogP contribution >= 0.6 is 0 Å². The molecule has 0 atom stereocenters. The average molecular weight is 509 g/mol. The maximum Gasteiger partial charge on any atom is 0.181 e. The van der Waals surface area contributed by atoms with E-state index in [2.05, 4.69) is 13.5 Å². The fraction of sp³-hybridized carbons (Fsp3) is 0.767. The van der Waals surface area contributed by atoms with E-state index in [4.69, 9.17) is 23.7 Å². The van der Waals surface area contributed by atoms with Gasteiger partial charge < -0.3 is 23.7 Å². The number of allylic oxidation sites excluding steroid dienone is 5. The predicted octanol–water partition coefficient (Wildman–Crippen LogP) is 6.39. The molecule has 0 N–H and O–H groups in total. The molecule has 0 aromatic heterocycles. The van der Waals surface area contributed by atoms with Crippen LogP contribution in [0, 0.1) is 0 Å². The lowest BCUT2D eigenvalue weighted by Gasteiger charge is -2.09. The molecule has 0 fully saturated rings. The van der Waals surface area contributed by atoms with E-state index < -0.39 is 0 Å². The molecule has 0 bridgehead atoms. The highest BCUT2D eigenvalue weighted by Gasteiger charge is 2.09. The second-order valence-electron chi connectivity index (χ2n) is 9.29. The number of hydrogen-bond acceptors (Lipinski definition) is 6. The molecule has 0 saturated carbocycles. The maximum absolute atomic E-state index is 11.7. The molecular weight excluding hydrogens is 456 g/mol. The molecule has 0 aromatic rings. The molecular formula is C30H52O6. The summed E-state index contributed by atoms with van der Waals surface area (Å²) in [5.74, 6) is 0.0964. The van der Waals surface area contributed by atoms with Crippen molar-refractivity contribution in [3.05, 3.63) is 36.0 Å². The van der Waals surface area contributed by atoms with Gasteiger partial charge in [-0.1, -0.05) is 70.9 Å². The highest BCUT2D eigenvalue weighted by atomic mass is 16.6. The van der Waals surface area contributed by atoms with Crippen molar-refractivity contribution in [3.8, 4) is 0 Å². The Balaban J connectivity index is 1.68. The standard InChI is InChI=1S/C30H52O6/c1-3-4-5-6-7-8-9-10-12-17-32-19-21-34-23-25-36-26-24-35-22-20-33-18-13-11-14-29-27-28(2)15-16-30(29)31/h15-16,27H,2-14,17-26H2,1H3. The molecule has 0 aliphatic heterocycles. The first-order valence-corrected chi connectivity index (χ1v) is 14.2. The van der Waals surface area contributed by atoms with Crippen LogP contribution in [0.25, 0.3) is 0 Å². The van der Waals surface area contributed by atoms with Crippen LogP contribution in [0.1, 0.15) is 84.0 Å². The van der Waals surface area contributed by atoms with Crippen LogP contribution < -0.4 is 0 Å². The highest BCUT2D eigenvalue weighted by Crippen LogP contribution is 2.17. The second-order valence-corrected chi connectivity index (χ2v) is 9.29. The molecule has 0 spiro atoms. The summed E-state index contributed by atoms with van der Waals surface area (Å²) >= 11 is 0. The third-order valence-corrected chi connectivity index (χ3v) is 5.99. The second kappa shape index (κ2) is 25.3. The van der Waals surface area contributed by atoms with E-state index >= 15 is 0 Å². The minimum atomic E-state index is 0.0964. The first-order valence-electron chi connectivity index (χ1n) is 14.2. The molecule has 0 unspecified atom stereocenters. The Kier molecular flexibility index (Phi) is 23.0. The van der Waals surface area contributed by atoms with Gasteiger partial charge in [0.05, 0.1) is 52.9 Å². The van der Waals surface area contributed by atoms with Crippen LogP contribution in [0.5, 0.6) is 0 Å². The van der Waals surface area contributed by atoms with Gasteiger partial charge in [-0.25, -0.2) is 0 Å². The Labute approximate surface area is 220 Å². The monoisotopic (exact) mass is 508 g/mol. The number of unbranched alkanes of at least 4 members (excludes halogenated alkanes) is 9. The number of ether oxygens (including phenoxy) is 5. The Morgan fingerprint density at radius 3 is 1.47 bits per heavy atom. The van der Waals surface area contributed by atoms with Gasteiger partial charge >= 0.3 is 0 Å². The number of hydrogen-bond donors (Lipinski definition) is 0. The molecule has 6 heteroatoms. The van der Waals surface area contributed by atoms with E-state index in [-0.39, 0.29) is 5.78 Å². The molecule has 1 aliphatic rings. The van der Waals surface area contributed by atoms with Crippen molar-refractivity contribution in [2.75, 3.05) is 66.1 Å². The normalized spacial score (nSPS) is 13.5. The van der Waals surface area contributed by atoms with Crippen LogP contribution in [0.15, 0.2) is 36.0 Å². The van der Waals surface area contributed by atoms with Crippen LogP contribution in [-0.2, 0) is 28.5 Å². The van der Waals surface area contributed by atoms with Gasteiger partial charge in [0, 0.05) is 18.8 Å². The summed E-state index contributed by atoms with van der Waals surface area (Å²) in [4.78, 5) is 11.7. The van der Waals surface area contributed by atoms with Crippen molar-refractivity contribution in [2.24, 2.45) is 0 Å². The zero-order valence-corrected chi connectivity index (χ0v) is 22.9. The highest BCUT2D eigenvalue weighted by molar-refractivity contribution is 6.05. The van der Waals surface area contributed by atoms with E-state index in [1.807, 2.05) is 6.08 Å². The molecule has 6 nitrogen and oxygen atoms in total. The maximum atomic E-state index is 11.7. The molecule has 0 aromatic carbocycles. The van der Waals surface area contributed by atoms with Crippen molar-refractivity contribution in [1.82, 2.24) is 0 Å². The number of carbonyl (C=O) groups is 1. The van der Waals surface area contributed by atoms with Crippen LogP contribution in [-0.4, -0.2) is 71.9 Å². The number of carbonyl (C=O) groups excluding carboxylic acids is 1. The zero-order chi connectivity index (χ0) is 25.9. The third kappa shape index (κ3) is 20.8. The quantitative estimate of drug-likeness (QED) is 0.120. The summed E-state index contributed by atoms with van der Waals surface area (Å²) in [6.07, 6.45) is 19.9. The van der Waals surface area contributed by atoms with Gasteiger partial charge in [0.2, 0.25) is 0 Å². The van der Waals surface area contributed by atoms with E-state index in [0.29, 0.717) is 59.5 Å². The van der Waals surface area contributed by atoms with Crippen molar-refractivity contribution in [2.45, 2.75) is 84.0 Å². The van der Waals surface area contributed by atoms with Gasteiger partial charge in [0.25, 0.3) is 0 Å². The van der Waals surface area contributed by atoms with Gasteiger partial charge in [0.15, 0.2) is 5.78 Å². The summed E-state index contributed by atoms with van der Waals surface area (Å²) < 4.78 is 27.7. The minimum Gasteiger partial charge on any atom is -0.379 e. The van der Waals surface area contributed by atoms with Gasteiger partial charge in [-0.2, -0.15) is 0 Å². The Morgan fingerprint density at radius 2 is 0.972 bits per heavy atom. The van der Waals surface area contributed by atoms with Crippen molar-refractivity contribution in [1.29, 1.82) is 0 Å². The largest absolute Gasteiger partial charge is 0.379 e. The zero-order valence-electron chi connectivity index (χ0n) is 22.9. The molecule has 0 radical (unpaired) electrons. The minimum absolute atomic E-state index is 0.0964. The molecule has 208 valence electrons. The summed E-state index contributed by atoms with van der Waals surface area (Å²) in [7, 11) is 0. The van der Waals surface area contributed by atoms with E-state index in [0.717, 1.165) is 43.4 Å². The Hall–Kier alpha value is -1.31. The van der Waals surface area contributed by atoms with E-state index in [1.54, 1.807) is 12.2 Å². The average Bonchev–Trinajstić information content (AvgIpc) is 2.88. The first-order chi connectivity index (χ1) is 17.7. The van der Waals surface area contributed by atoms with Gasteiger partial charge in [-0.05, 0) is 43.4 Å². The van der Waals surface area contributed by atoms with Gasteiger partial charge in [0.1, 0.15) is 0 Å². The first kappa shape index (κ1) is 32.7. The van der Waals surface area contributed by atoms with Crippen LogP contribution in [0.2, 0.25) is 0 Å². The fourth-order valence-corrected chi connectivity index (χ4v) is 3.84. The Bertz CT molecular complexity index is 598. The summed E-state index contributed by atoms with van der Waals surface area (Å²) in [5.41, 5.74) is 1.73. The smallest absolute Gasteiger partial charge is 0.181 e. The SMILES string of the molecule is C=C1C=CC(=O)C(CCCCOCCOCCOCCOCCOCCCCCCCCCCC)=C1. The summed E-state index contributed by atoms with van der Waals surface area (Å²) in [6.45, 7) is 12.3. The third-order valence-electron chi connectivity index (χ3n) is 5.99. The Morgan fingerprint density at radius 1 is 0.556 bits per heavy atom. The van der Waals surface area contributed by atoms with Crippen molar-refractivity contribution >= 4 is 5.78 Å². The lowest BCUT2D eigenvalue weighted by molar-refractivity contribution is -0.111. The molecule has 1 aliphatic carbocycles. The molecule has 36 heavy (non-hydrogen) atoms. The van der Waals surface area contributed by atoms with Gasteiger partial charge in [-0.15, -0.1) is 0 Å². The molecule has 0 heterocycles. The lowest BCUT2D eigenvalue weighted by Crippen LogP contribution is -2.13. The van der Waals surface area contributed by atoms with Crippen molar-refractivity contribution in [3.63, 3.8) is 0 Å². The van der Waals surface area contributed by atoms with E-state index in [1.165, 1.54) is 51.4 Å². The molecule has 1 rings (SSSR count). The van der Waals surface area contributed by atoms with E-state index in [9.17, 15) is 4.79 Å². The van der Waals surface area contributed by atoms with Crippen molar-refractivity contribution < 1.29 is 28.5 Å². The predicted molar refractivity (Wildman–Crippen MR) is 147 cm³/mol. The van der Waals surface area contributed by atoms with Gasteiger partial charge in [-0.3, -0.25) is 4.79 Å². The van der Waals surface area contributed by atoms with Crippen LogP contribution in [0.3, 0.4) is 0 Å². The number of ketones is 1. The number of rotatable bonds is 27. The fourth-order valence-electron chi connectivity index (χ4n) is 3.84. The summed E-state index contributed by atoms with van der Waals surface area (Å²) in [6, 6.07) is 0. The molecule has 0 amide bonds. The topological polar surface area (TPSA) is 63.2 Å². The summed E-state index contributed by atoms with van der Waals surface area (Å²) in [5, 5.41) is 0.